The number of ether oxygens (including phenoxy) is 1. The Morgan fingerprint density at radius 3 is 2.42 bits per heavy atom. The van der Waals surface area contributed by atoms with E-state index in [2.05, 4.69) is 15.6 Å². The number of hydrogen-bond donors (Lipinski definition) is 2. The third-order valence-electron chi connectivity index (χ3n) is 3.55. The first-order chi connectivity index (χ1) is 12.6. The predicted molar refractivity (Wildman–Crippen MR) is 105 cm³/mol. The number of anilines is 3. The number of pyridine rings is 1. The second-order valence-electron chi connectivity index (χ2n) is 5.34. The van der Waals surface area contributed by atoms with Crippen LogP contribution in [0.1, 0.15) is 10.5 Å². The van der Waals surface area contributed by atoms with Crippen molar-refractivity contribution < 1.29 is 9.53 Å². The third kappa shape index (κ3) is 4.25. The summed E-state index contributed by atoms with van der Waals surface area (Å²) in [7, 11) is 1.60. The fraction of sp³-hybridized carbons (Fsp3) is 0.0526. The molecule has 3 rings (SSSR count). The van der Waals surface area contributed by atoms with Gasteiger partial charge in [0.25, 0.3) is 5.91 Å². The summed E-state index contributed by atoms with van der Waals surface area (Å²) >= 11 is 12.2. The maximum Gasteiger partial charge on any atom is 0.274 e. The summed E-state index contributed by atoms with van der Waals surface area (Å²) in [5.74, 6) is 0.324. The number of nitrogens with one attached hydrogen (secondary N) is 2. The van der Waals surface area contributed by atoms with Crippen molar-refractivity contribution in [1.29, 1.82) is 0 Å². The molecule has 0 spiro atoms. The maximum absolute atomic E-state index is 12.5. The van der Waals surface area contributed by atoms with Crippen molar-refractivity contribution in [2.24, 2.45) is 0 Å². The maximum atomic E-state index is 12.5. The molecular weight excluding hydrogens is 373 g/mol. The highest BCUT2D eigenvalue weighted by Crippen LogP contribution is 2.30. The van der Waals surface area contributed by atoms with Crippen LogP contribution >= 0.6 is 23.2 Å². The number of aromatic nitrogens is 1. The van der Waals surface area contributed by atoms with Gasteiger partial charge < -0.3 is 15.4 Å². The molecule has 0 aliphatic carbocycles. The number of amides is 1. The van der Waals surface area contributed by atoms with Crippen molar-refractivity contribution in [2.45, 2.75) is 0 Å². The number of carbonyl (C=O) groups excluding carboxylic acids is 1. The second kappa shape index (κ2) is 8.08. The lowest BCUT2D eigenvalue weighted by molar-refractivity contribution is 0.102. The molecule has 1 aromatic heterocycles. The number of nitrogens with zero attached hydrogens (tertiary/aromatic N) is 1. The molecule has 1 heterocycles. The quantitative estimate of drug-likeness (QED) is 0.615. The largest absolute Gasteiger partial charge is 0.497 e. The molecule has 1 amide bonds. The molecule has 0 saturated carbocycles. The van der Waals surface area contributed by atoms with Crippen LogP contribution in [0.5, 0.6) is 5.75 Å². The highest BCUT2D eigenvalue weighted by molar-refractivity contribution is 6.40. The molecule has 0 fully saturated rings. The molecule has 0 atom stereocenters. The van der Waals surface area contributed by atoms with Gasteiger partial charge >= 0.3 is 0 Å². The molecule has 5 nitrogen and oxygen atoms in total. The van der Waals surface area contributed by atoms with Crippen LogP contribution in [0, 0.1) is 0 Å². The van der Waals surface area contributed by atoms with E-state index >= 15 is 0 Å². The number of halogens is 2. The smallest absolute Gasteiger partial charge is 0.274 e. The van der Waals surface area contributed by atoms with E-state index in [1.54, 1.807) is 43.6 Å². The van der Waals surface area contributed by atoms with E-state index in [0.29, 0.717) is 21.4 Å². The molecule has 26 heavy (non-hydrogen) atoms. The van der Waals surface area contributed by atoms with Crippen LogP contribution in [-0.4, -0.2) is 18.0 Å². The van der Waals surface area contributed by atoms with E-state index in [9.17, 15) is 4.79 Å². The Balaban J connectivity index is 1.79. The third-order valence-corrected chi connectivity index (χ3v) is 4.18. The van der Waals surface area contributed by atoms with Gasteiger partial charge in [-0.3, -0.25) is 9.78 Å². The highest BCUT2D eigenvalue weighted by Gasteiger charge is 2.13. The molecule has 2 aromatic carbocycles. The van der Waals surface area contributed by atoms with E-state index < -0.39 is 5.91 Å². The van der Waals surface area contributed by atoms with E-state index in [-0.39, 0.29) is 5.69 Å². The van der Waals surface area contributed by atoms with E-state index in [0.717, 1.165) is 11.4 Å². The summed E-state index contributed by atoms with van der Waals surface area (Å²) < 4.78 is 5.20. The Morgan fingerprint density at radius 2 is 1.69 bits per heavy atom. The monoisotopic (exact) mass is 387 g/mol. The van der Waals surface area contributed by atoms with Crippen molar-refractivity contribution in [3.8, 4) is 5.75 Å². The number of methoxy groups -OCH3 is 1. The molecule has 0 radical (unpaired) electrons. The number of rotatable bonds is 5. The second-order valence-corrected chi connectivity index (χ2v) is 6.15. The van der Waals surface area contributed by atoms with Crippen LogP contribution in [0.15, 0.2) is 60.8 Å². The van der Waals surface area contributed by atoms with Gasteiger partial charge in [-0.25, -0.2) is 0 Å². The van der Waals surface area contributed by atoms with E-state index in [4.69, 9.17) is 27.9 Å². The van der Waals surface area contributed by atoms with Crippen molar-refractivity contribution in [2.75, 3.05) is 17.7 Å². The summed E-state index contributed by atoms with van der Waals surface area (Å²) in [4.78, 5) is 16.6. The van der Waals surface area contributed by atoms with Crippen LogP contribution in [0.25, 0.3) is 0 Å². The molecular formula is C19H15Cl2N3O2. The highest BCUT2D eigenvalue weighted by atomic mass is 35.5. The standard InChI is InChI=1S/C19H15Cl2N3O2/c1-26-14-5-2-4-12(10-14)23-13-8-9-22-17(11-13)19(25)24-18-15(20)6-3-7-16(18)21/h2-11H,1H3,(H,22,23)(H,24,25). The molecule has 2 N–H and O–H groups in total. The number of benzene rings is 2. The van der Waals surface area contributed by atoms with Gasteiger partial charge in [0.05, 0.1) is 22.8 Å². The van der Waals surface area contributed by atoms with Crippen molar-refractivity contribution in [1.82, 2.24) is 4.98 Å². The van der Waals surface area contributed by atoms with Gasteiger partial charge in [0.15, 0.2) is 0 Å². The lowest BCUT2D eigenvalue weighted by atomic mass is 10.2. The SMILES string of the molecule is COc1cccc(Nc2ccnc(C(=O)Nc3c(Cl)cccc3Cl)c2)c1. The van der Waals surface area contributed by atoms with Gasteiger partial charge in [-0.15, -0.1) is 0 Å². The summed E-state index contributed by atoms with van der Waals surface area (Å²) in [5.41, 5.74) is 2.13. The molecule has 0 aliphatic rings. The van der Waals surface area contributed by atoms with Gasteiger partial charge in [-0.05, 0) is 36.4 Å². The zero-order valence-corrected chi connectivity index (χ0v) is 15.3. The normalized spacial score (nSPS) is 10.3. The zero-order valence-electron chi connectivity index (χ0n) is 13.8. The molecule has 0 bridgehead atoms. The minimum Gasteiger partial charge on any atom is -0.497 e. The van der Waals surface area contributed by atoms with Gasteiger partial charge in [-0.2, -0.15) is 0 Å². The molecule has 0 aliphatic heterocycles. The molecule has 0 saturated heterocycles. The van der Waals surface area contributed by atoms with E-state index in [1.807, 2.05) is 24.3 Å². The first-order valence-corrected chi connectivity index (χ1v) is 8.45. The molecule has 132 valence electrons. The lowest BCUT2D eigenvalue weighted by Gasteiger charge is -2.11. The van der Waals surface area contributed by atoms with Gasteiger partial charge in [0.2, 0.25) is 0 Å². The van der Waals surface area contributed by atoms with Crippen LogP contribution in [-0.2, 0) is 0 Å². The summed E-state index contributed by atoms with van der Waals surface area (Å²) in [5, 5.41) is 6.62. The fourth-order valence-corrected chi connectivity index (χ4v) is 2.79. The van der Waals surface area contributed by atoms with Crippen LogP contribution in [0.4, 0.5) is 17.1 Å². The zero-order chi connectivity index (χ0) is 18.5. The van der Waals surface area contributed by atoms with Crippen LogP contribution in [0.3, 0.4) is 0 Å². The molecule has 3 aromatic rings. The average molecular weight is 388 g/mol. The average Bonchev–Trinajstić information content (AvgIpc) is 2.65. The van der Waals surface area contributed by atoms with Gasteiger partial charge in [0, 0.05) is 23.6 Å². The summed E-state index contributed by atoms with van der Waals surface area (Å²) in [6.45, 7) is 0. The fourth-order valence-electron chi connectivity index (χ4n) is 2.29. The topological polar surface area (TPSA) is 63.2 Å². The summed E-state index contributed by atoms with van der Waals surface area (Å²) in [6, 6.07) is 15.9. The molecule has 0 unspecified atom stereocenters. The van der Waals surface area contributed by atoms with Crippen molar-refractivity contribution in [3.63, 3.8) is 0 Å². The minimum absolute atomic E-state index is 0.230. The Morgan fingerprint density at radius 1 is 1.00 bits per heavy atom. The molecule has 7 heteroatoms. The van der Waals surface area contributed by atoms with Crippen molar-refractivity contribution in [3.05, 3.63) is 76.5 Å². The van der Waals surface area contributed by atoms with Crippen molar-refractivity contribution >= 4 is 46.2 Å². The van der Waals surface area contributed by atoms with Gasteiger partial charge in [-0.1, -0.05) is 35.3 Å². The first kappa shape index (κ1) is 18.0. The number of para-hydroxylation sites is 1. The van der Waals surface area contributed by atoms with Crippen LogP contribution in [0.2, 0.25) is 10.0 Å². The summed E-state index contributed by atoms with van der Waals surface area (Å²) in [6.07, 6.45) is 1.55. The predicted octanol–water partition coefficient (Wildman–Crippen LogP) is 5.39. The number of carbonyl (C=O) groups is 1. The Bertz CT molecular complexity index is 927. The van der Waals surface area contributed by atoms with E-state index in [1.165, 1.54) is 0 Å². The Hall–Kier alpha value is -2.76. The number of hydrogen-bond acceptors (Lipinski definition) is 4. The first-order valence-electron chi connectivity index (χ1n) is 7.69. The van der Waals surface area contributed by atoms with Crippen LogP contribution < -0.4 is 15.4 Å². The Kier molecular flexibility index (Phi) is 5.61. The lowest BCUT2D eigenvalue weighted by Crippen LogP contribution is -2.14. The Labute approximate surface area is 160 Å². The van der Waals surface area contributed by atoms with Gasteiger partial charge in [0.1, 0.15) is 11.4 Å². The minimum atomic E-state index is -0.408.